The van der Waals surface area contributed by atoms with Crippen LogP contribution in [0.5, 0.6) is 0 Å². The Kier molecular flexibility index (Phi) is 8.57. The van der Waals surface area contributed by atoms with Crippen LogP contribution in [0.2, 0.25) is 0 Å². The zero-order valence-corrected chi connectivity index (χ0v) is 36.9. The molecule has 13 rings (SSSR count). The molecule has 308 valence electrons. The van der Waals surface area contributed by atoms with Crippen LogP contribution in [0.4, 0.5) is 0 Å². The molecule has 0 fully saturated rings. The van der Waals surface area contributed by atoms with Crippen LogP contribution in [0.25, 0.3) is 82.5 Å². The van der Waals surface area contributed by atoms with Crippen LogP contribution in [0.15, 0.2) is 243 Å². The molecule has 0 spiro atoms. The zero-order valence-electron chi connectivity index (χ0n) is 35.9. The SMILES string of the molecule is N#Cc1ccc2c(c1)c1ccccc1n2-c1cccc2c3ccccc3n(-c3cccc4c3c3ccccc3n4-c3cccc([Si](c4ccccc4)(c4ccccc4)c4ccccc4)c3)c12. The molecule has 13 aromatic rings. The second kappa shape index (κ2) is 15.0. The first-order valence-electron chi connectivity index (χ1n) is 22.5. The monoisotopic (exact) mass is 856 g/mol. The third-order valence-electron chi connectivity index (χ3n) is 13.8. The Balaban J connectivity index is 1.11. The van der Waals surface area contributed by atoms with Crippen molar-refractivity contribution in [3.8, 4) is 23.1 Å². The van der Waals surface area contributed by atoms with E-state index in [1.165, 1.54) is 42.3 Å². The third-order valence-corrected chi connectivity index (χ3v) is 18.6. The summed E-state index contributed by atoms with van der Waals surface area (Å²) < 4.78 is 7.37. The van der Waals surface area contributed by atoms with Crippen LogP contribution >= 0.6 is 0 Å². The highest BCUT2D eigenvalue weighted by Gasteiger charge is 2.41. The number of fused-ring (bicyclic) bond motifs is 9. The van der Waals surface area contributed by atoms with Gasteiger partial charge >= 0.3 is 0 Å². The van der Waals surface area contributed by atoms with E-state index < -0.39 is 8.07 Å². The first-order chi connectivity index (χ1) is 32.7. The van der Waals surface area contributed by atoms with E-state index in [0.717, 1.165) is 60.9 Å². The molecule has 0 unspecified atom stereocenters. The fourth-order valence-electron chi connectivity index (χ4n) is 11.1. The average Bonchev–Trinajstić information content (AvgIpc) is 4.03. The lowest BCUT2D eigenvalue weighted by molar-refractivity contribution is 1.14. The van der Waals surface area contributed by atoms with Crippen molar-refractivity contribution < 1.29 is 0 Å². The van der Waals surface area contributed by atoms with Crippen molar-refractivity contribution in [1.82, 2.24) is 13.7 Å². The van der Waals surface area contributed by atoms with E-state index in [4.69, 9.17) is 0 Å². The Morgan fingerprint density at radius 1 is 0.318 bits per heavy atom. The lowest BCUT2D eigenvalue weighted by Crippen LogP contribution is -2.74. The molecule has 3 aromatic heterocycles. The van der Waals surface area contributed by atoms with Gasteiger partial charge in [0, 0.05) is 38.0 Å². The van der Waals surface area contributed by atoms with Crippen LogP contribution in [-0.4, -0.2) is 21.8 Å². The molecule has 3 heterocycles. The zero-order chi connectivity index (χ0) is 43.8. The minimum absolute atomic E-state index is 0.652. The van der Waals surface area contributed by atoms with Gasteiger partial charge in [-0.25, -0.2) is 0 Å². The molecule has 0 saturated carbocycles. The van der Waals surface area contributed by atoms with E-state index in [2.05, 4.69) is 250 Å². The molecular weight excluding hydrogens is 817 g/mol. The Morgan fingerprint density at radius 3 is 1.44 bits per heavy atom. The molecule has 0 saturated heterocycles. The fourth-order valence-corrected chi connectivity index (χ4v) is 15.9. The second-order valence-corrected chi connectivity index (χ2v) is 21.0. The maximum atomic E-state index is 9.94. The van der Waals surface area contributed by atoms with Gasteiger partial charge in [-0.2, -0.15) is 5.26 Å². The number of nitriles is 1. The van der Waals surface area contributed by atoms with Crippen molar-refractivity contribution >= 4 is 94.2 Å². The molecule has 0 N–H and O–H groups in total. The van der Waals surface area contributed by atoms with E-state index in [1.807, 2.05) is 12.1 Å². The summed E-state index contributed by atoms with van der Waals surface area (Å²) >= 11 is 0. The molecular formula is C61H40N4Si. The van der Waals surface area contributed by atoms with Crippen molar-refractivity contribution in [3.63, 3.8) is 0 Å². The number of nitrogens with zero attached hydrogens (tertiary/aromatic N) is 4. The lowest BCUT2D eigenvalue weighted by Gasteiger charge is -2.34. The number of benzene rings is 10. The molecule has 10 aromatic carbocycles. The standard InChI is InChI=1S/C61H40N4Si/c62-41-42-37-38-56-52(39-42)49-28-11-13-31-53(49)64(56)59-36-17-30-50-48-27-10-14-32-54(48)65(61(50)59)58-35-18-34-57-60(58)51-29-12-15-33-55(51)63(57)43-19-16-26-47(40-43)66(44-20-4-1-5-21-44,45-22-6-2-7-23-45)46-24-8-3-9-25-46/h1-40H. The summed E-state index contributed by atoms with van der Waals surface area (Å²) in [6, 6.07) is 91.0. The van der Waals surface area contributed by atoms with Gasteiger partial charge in [-0.3, -0.25) is 0 Å². The van der Waals surface area contributed by atoms with Crippen molar-refractivity contribution in [2.45, 2.75) is 0 Å². The number of hydrogen-bond acceptors (Lipinski definition) is 1. The predicted molar refractivity (Wildman–Crippen MR) is 278 cm³/mol. The van der Waals surface area contributed by atoms with Crippen LogP contribution in [0.3, 0.4) is 0 Å². The maximum absolute atomic E-state index is 9.94. The number of para-hydroxylation sites is 4. The van der Waals surface area contributed by atoms with Crippen molar-refractivity contribution in [1.29, 1.82) is 5.26 Å². The van der Waals surface area contributed by atoms with E-state index >= 15 is 0 Å². The summed E-state index contributed by atoms with van der Waals surface area (Å²) in [7, 11) is -2.81. The van der Waals surface area contributed by atoms with Gasteiger partial charge in [0.15, 0.2) is 8.07 Å². The molecule has 0 bridgehead atoms. The van der Waals surface area contributed by atoms with Gasteiger partial charge in [-0.15, -0.1) is 0 Å². The normalized spacial score (nSPS) is 11.9. The highest BCUT2D eigenvalue weighted by atomic mass is 28.3. The van der Waals surface area contributed by atoms with Crippen LogP contribution < -0.4 is 20.7 Å². The molecule has 66 heavy (non-hydrogen) atoms. The topological polar surface area (TPSA) is 38.6 Å². The molecule has 0 radical (unpaired) electrons. The van der Waals surface area contributed by atoms with Crippen molar-refractivity contribution in [3.05, 3.63) is 248 Å². The molecule has 0 aliphatic rings. The Bertz CT molecular complexity index is 3960. The number of aromatic nitrogens is 3. The van der Waals surface area contributed by atoms with Gasteiger partial charge in [-0.05, 0) is 87.5 Å². The summed E-state index contributed by atoms with van der Waals surface area (Å²) in [6.45, 7) is 0. The van der Waals surface area contributed by atoms with E-state index in [9.17, 15) is 5.26 Å². The summed E-state index contributed by atoms with van der Waals surface area (Å²) in [6.07, 6.45) is 0. The van der Waals surface area contributed by atoms with E-state index in [-0.39, 0.29) is 0 Å². The molecule has 0 aliphatic heterocycles. The minimum atomic E-state index is -2.81. The van der Waals surface area contributed by atoms with Crippen molar-refractivity contribution in [2.75, 3.05) is 0 Å². The second-order valence-electron chi connectivity index (χ2n) is 17.1. The average molecular weight is 857 g/mol. The Hall–Kier alpha value is -8.69. The number of rotatable bonds is 7. The van der Waals surface area contributed by atoms with Crippen LogP contribution in [0, 0.1) is 11.3 Å². The minimum Gasteiger partial charge on any atom is -0.309 e. The summed E-state index contributed by atoms with van der Waals surface area (Å²) in [4.78, 5) is 0. The molecule has 4 nitrogen and oxygen atoms in total. The summed E-state index contributed by atoms with van der Waals surface area (Å²) in [5.41, 5.74) is 10.7. The van der Waals surface area contributed by atoms with E-state index in [0.29, 0.717) is 5.56 Å². The van der Waals surface area contributed by atoms with Crippen LogP contribution in [-0.2, 0) is 0 Å². The summed E-state index contributed by atoms with van der Waals surface area (Å²) in [5, 5.41) is 22.3. The van der Waals surface area contributed by atoms with Gasteiger partial charge in [0.2, 0.25) is 0 Å². The fraction of sp³-hybridized carbons (Fsp3) is 0. The largest absolute Gasteiger partial charge is 0.309 e. The van der Waals surface area contributed by atoms with Gasteiger partial charge in [-0.1, -0.05) is 176 Å². The first-order valence-corrected chi connectivity index (χ1v) is 24.5. The molecule has 0 aliphatic carbocycles. The van der Waals surface area contributed by atoms with E-state index in [1.54, 1.807) is 0 Å². The van der Waals surface area contributed by atoms with Gasteiger partial charge < -0.3 is 13.7 Å². The third kappa shape index (κ3) is 5.43. The number of hydrogen-bond donors (Lipinski definition) is 0. The quantitative estimate of drug-likeness (QED) is 0.116. The maximum Gasteiger partial charge on any atom is 0.179 e. The molecule has 5 heteroatoms. The Morgan fingerprint density at radius 2 is 0.788 bits per heavy atom. The van der Waals surface area contributed by atoms with Crippen LogP contribution in [0.1, 0.15) is 5.56 Å². The lowest BCUT2D eigenvalue weighted by atomic mass is 10.1. The van der Waals surface area contributed by atoms with Crippen molar-refractivity contribution in [2.24, 2.45) is 0 Å². The van der Waals surface area contributed by atoms with Gasteiger partial charge in [0.05, 0.1) is 56.1 Å². The molecule has 0 amide bonds. The van der Waals surface area contributed by atoms with Gasteiger partial charge in [0.1, 0.15) is 0 Å². The highest BCUT2D eigenvalue weighted by Crippen LogP contribution is 2.43. The Labute approximate surface area is 382 Å². The summed E-state index contributed by atoms with van der Waals surface area (Å²) in [5.74, 6) is 0. The predicted octanol–water partition coefficient (Wildman–Crippen LogP) is 12.2. The van der Waals surface area contributed by atoms with Gasteiger partial charge in [0.25, 0.3) is 0 Å². The molecule has 0 atom stereocenters. The highest BCUT2D eigenvalue weighted by molar-refractivity contribution is 7.19. The first kappa shape index (κ1) is 37.8. The smallest absolute Gasteiger partial charge is 0.179 e.